The molecule has 1 aromatic rings. The summed E-state index contributed by atoms with van der Waals surface area (Å²) in [5.74, 6) is 0.669. The van der Waals surface area contributed by atoms with Gasteiger partial charge in [-0.25, -0.2) is 0 Å². The minimum absolute atomic E-state index is 0.0950. The minimum Gasteiger partial charge on any atom is -0.395 e. The summed E-state index contributed by atoms with van der Waals surface area (Å²) < 4.78 is 0.701. The fraction of sp³-hybridized carbons (Fsp3) is 0.333. The lowest BCUT2D eigenvalue weighted by molar-refractivity contribution is 0.311. The van der Waals surface area contributed by atoms with E-state index in [-0.39, 0.29) is 6.61 Å². The Labute approximate surface area is 72.8 Å². The maximum Gasteiger partial charge on any atom is 0.148 e. The van der Waals surface area contributed by atoms with Crippen molar-refractivity contribution in [3.05, 3.63) is 16.7 Å². The molecule has 1 rings (SSSR count). The highest BCUT2D eigenvalue weighted by Crippen LogP contribution is 2.05. The first-order valence-corrected chi connectivity index (χ1v) is 3.96. The van der Waals surface area contributed by atoms with Gasteiger partial charge in [-0.15, -0.1) is 10.2 Å². The number of halogens is 1. The van der Waals surface area contributed by atoms with Gasteiger partial charge in [-0.1, -0.05) is 0 Å². The summed E-state index contributed by atoms with van der Waals surface area (Å²) in [7, 11) is 0. The summed E-state index contributed by atoms with van der Waals surface area (Å²) in [4.78, 5) is 0. The van der Waals surface area contributed by atoms with Crippen LogP contribution in [0.5, 0.6) is 0 Å². The molecule has 60 valence electrons. The summed E-state index contributed by atoms with van der Waals surface area (Å²) in [5.41, 5.74) is 0. The van der Waals surface area contributed by atoms with Crippen LogP contribution in [-0.4, -0.2) is 28.5 Å². The van der Waals surface area contributed by atoms with E-state index in [4.69, 9.17) is 5.11 Å². The van der Waals surface area contributed by atoms with Gasteiger partial charge in [-0.05, 0) is 28.1 Å². The quantitative estimate of drug-likeness (QED) is 0.781. The zero-order valence-electron chi connectivity index (χ0n) is 5.79. The summed E-state index contributed by atoms with van der Waals surface area (Å²) >= 11 is 3.16. The molecule has 0 aromatic carbocycles. The highest BCUT2D eigenvalue weighted by atomic mass is 79.9. The Morgan fingerprint density at radius 2 is 2.27 bits per heavy atom. The average molecular weight is 218 g/mol. The molecule has 0 unspecified atom stereocenters. The van der Waals surface area contributed by atoms with Crippen molar-refractivity contribution in [3.63, 3.8) is 0 Å². The fourth-order valence-electron chi connectivity index (χ4n) is 0.594. The Kier molecular flexibility index (Phi) is 3.25. The fourth-order valence-corrected chi connectivity index (χ4v) is 0.806. The van der Waals surface area contributed by atoms with E-state index in [1.165, 1.54) is 0 Å². The predicted molar refractivity (Wildman–Crippen MR) is 45.3 cm³/mol. The maximum atomic E-state index is 8.46. The van der Waals surface area contributed by atoms with E-state index in [2.05, 4.69) is 31.4 Å². The zero-order chi connectivity index (χ0) is 8.10. The monoisotopic (exact) mass is 217 g/mol. The molecule has 0 fully saturated rings. The Morgan fingerprint density at radius 3 is 2.82 bits per heavy atom. The molecular weight excluding hydrogens is 210 g/mol. The van der Waals surface area contributed by atoms with Gasteiger partial charge < -0.3 is 10.4 Å². The van der Waals surface area contributed by atoms with Gasteiger partial charge in [-0.3, -0.25) is 0 Å². The molecule has 0 amide bonds. The van der Waals surface area contributed by atoms with Crippen LogP contribution in [0.15, 0.2) is 16.7 Å². The Hall–Kier alpha value is -0.680. The third kappa shape index (κ3) is 2.81. The van der Waals surface area contributed by atoms with Crippen LogP contribution in [0.4, 0.5) is 5.82 Å². The van der Waals surface area contributed by atoms with E-state index in [0.717, 1.165) is 0 Å². The number of nitrogens with zero attached hydrogens (tertiary/aromatic N) is 2. The van der Waals surface area contributed by atoms with Crippen LogP contribution in [0.2, 0.25) is 0 Å². The molecule has 0 saturated carbocycles. The van der Waals surface area contributed by atoms with Gasteiger partial charge in [0.2, 0.25) is 0 Å². The molecule has 5 heteroatoms. The molecule has 0 spiro atoms. The van der Waals surface area contributed by atoms with Gasteiger partial charge in [0.25, 0.3) is 0 Å². The molecule has 11 heavy (non-hydrogen) atoms. The van der Waals surface area contributed by atoms with Crippen LogP contribution < -0.4 is 5.32 Å². The van der Waals surface area contributed by atoms with Crippen LogP contribution >= 0.6 is 15.9 Å². The first kappa shape index (κ1) is 8.42. The smallest absolute Gasteiger partial charge is 0.148 e. The molecule has 0 radical (unpaired) electrons. The third-order valence-corrected chi connectivity index (χ3v) is 1.47. The Morgan fingerprint density at radius 1 is 1.45 bits per heavy atom. The van der Waals surface area contributed by atoms with Crippen molar-refractivity contribution in [1.82, 2.24) is 10.2 Å². The topological polar surface area (TPSA) is 58.0 Å². The highest BCUT2D eigenvalue weighted by molar-refractivity contribution is 9.10. The summed E-state index contributed by atoms with van der Waals surface area (Å²) in [6.07, 6.45) is 0. The van der Waals surface area contributed by atoms with Crippen LogP contribution in [0.3, 0.4) is 0 Å². The van der Waals surface area contributed by atoms with Crippen LogP contribution in [0, 0.1) is 0 Å². The lowest BCUT2D eigenvalue weighted by Crippen LogP contribution is -2.07. The van der Waals surface area contributed by atoms with Gasteiger partial charge in [0, 0.05) is 6.54 Å². The summed E-state index contributed by atoms with van der Waals surface area (Å²) in [6, 6.07) is 3.57. The lowest BCUT2D eigenvalue weighted by Gasteiger charge is -2.00. The number of hydrogen-bond donors (Lipinski definition) is 2. The highest BCUT2D eigenvalue weighted by Gasteiger charge is 1.92. The number of nitrogens with one attached hydrogen (secondary N) is 1. The van der Waals surface area contributed by atoms with E-state index in [1.807, 2.05) is 0 Å². The molecule has 0 aliphatic heterocycles. The normalized spacial score (nSPS) is 9.64. The molecule has 2 N–H and O–H groups in total. The molecule has 0 aliphatic carbocycles. The maximum absolute atomic E-state index is 8.46. The number of rotatable bonds is 3. The van der Waals surface area contributed by atoms with E-state index < -0.39 is 0 Å². The predicted octanol–water partition coefficient (Wildman–Crippen LogP) is 0.643. The van der Waals surface area contributed by atoms with Crippen molar-refractivity contribution in [2.45, 2.75) is 0 Å². The number of aliphatic hydroxyl groups is 1. The van der Waals surface area contributed by atoms with Crippen molar-refractivity contribution < 1.29 is 5.11 Å². The second kappa shape index (κ2) is 4.25. The molecule has 0 bridgehead atoms. The molecule has 4 nitrogen and oxygen atoms in total. The van der Waals surface area contributed by atoms with E-state index in [9.17, 15) is 0 Å². The van der Waals surface area contributed by atoms with Crippen molar-refractivity contribution in [1.29, 1.82) is 0 Å². The second-order valence-corrected chi connectivity index (χ2v) is 2.70. The van der Waals surface area contributed by atoms with Gasteiger partial charge >= 0.3 is 0 Å². The number of aliphatic hydroxyl groups excluding tert-OH is 1. The van der Waals surface area contributed by atoms with Gasteiger partial charge in [0.05, 0.1) is 6.61 Å². The van der Waals surface area contributed by atoms with Gasteiger partial charge in [0.15, 0.2) is 0 Å². The number of anilines is 1. The zero-order valence-corrected chi connectivity index (χ0v) is 7.37. The lowest BCUT2D eigenvalue weighted by atomic mass is 10.5. The number of aromatic nitrogens is 2. The van der Waals surface area contributed by atoms with Crippen LogP contribution in [-0.2, 0) is 0 Å². The molecule has 0 atom stereocenters. The summed E-state index contributed by atoms with van der Waals surface area (Å²) in [6.45, 7) is 0.591. The standard InChI is InChI=1S/C6H8BrN3O/c7-5-1-2-6(10-9-5)8-3-4-11/h1-2,11H,3-4H2,(H,8,10). The second-order valence-electron chi connectivity index (χ2n) is 1.89. The first-order valence-electron chi connectivity index (χ1n) is 3.17. The SMILES string of the molecule is OCCNc1ccc(Br)nn1. The number of hydrogen-bond acceptors (Lipinski definition) is 4. The largest absolute Gasteiger partial charge is 0.395 e. The molecule has 1 heterocycles. The Bertz CT molecular complexity index is 214. The van der Waals surface area contributed by atoms with E-state index in [1.54, 1.807) is 12.1 Å². The van der Waals surface area contributed by atoms with Gasteiger partial charge in [0.1, 0.15) is 10.4 Å². The van der Waals surface area contributed by atoms with Crippen LogP contribution in [0.25, 0.3) is 0 Å². The van der Waals surface area contributed by atoms with Crippen molar-refractivity contribution in [3.8, 4) is 0 Å². The average Bonchev–Trinajstić information content (AvgIpc) is 2.04. The Balaban J connectivity index is 2.52. The van der Waals surface area contributed by atoms with E-state index in [0.29, 0.717) is 17.0 Å². The summed E-state index contributed by atoms with van der Waals surface area (Å²) in [5, 5.41) is 18.9. The van der Waals surface area contributed by atoms with Crippen molar-refractivity contribution in [2.24, 2.45) is 0 Å². The first-order chi connectivity index (χ1) is 5.33. The van der Waals surface area contributed by atoms with Crippen LogP contribution in [0.1, 0.15) is 0 Å². The van der Waals surface area contributed by atoms with Crippen molar-refractivity contribution >= 4 is 21.7 Å². The van der Waals surface area contributed by atoms with Crippen molar-refractivity contribution in [2.75, 3.05) is 18.5 Å². The molecule has 0 aliphatic rings. The molecule has 0 saturated heterocycles. The third-order valence-electron chi connectivity index (χ3n) is 1.05. The van der Waals surface area contributed by atoms with Gasteiger partial charge in [-0.2, -0.15) is 0 Å². The molecule has 1 aromatic heterocycles. The molecular formula is C6H8BrN3O. The van der Waals surface area contributed by atoms with E-state index >= 15 is 0 Å². The minimum atomic E-state index is 0.0950.